The standard InChI is InChI=1S/C26H40N2O3/c1-3-5-7-9-10-12-21-13-15-23(16-14-21)31-26(29)24-18-22(19-27)25(20-28-24)30-17-11-8-6-4-2/h18,20-21,23H,3-17H2,1-2H3. The first-order valence-electron chi connectivity index (χ1n) is 12.4. The number of hydrogen-bond acceptors (Lipinski definition) is 5. The highest BCUT2D eigenvalue weighted by atomic mass is 16.5. The Balaban J connectivity index is 1.75. The van der Waals surface area contributed by atoms with E-state index in [1.165, 1.54) is 63.6 Å². The number of rotatable bonds is 14. The number of esters is 1. The third-order valence-electron chi connectivity index (χ3n) is 6.24. The van der Waals surface area contributed by atoms with Crippen LogP contribution in [0.15, 0.2) is 12.3 Å². The summed E-state index contributed by atoms with van der Waals surface area (Å²) in [6.45, 7) is 4.97. The zero-order valence-electron chi connectivity index (χ0n) is 19.5. The molecule has 1 heterocycles. The number of pyridine rings is 1. The number of carbonyl (C=O) groups is 1. The first-order valence-corrected chi connectivity index (χ1v) is 12.4. The maximum Gasteiger partial charge on any atom is 0.357 e. The van der Waals surface area contributed by atoms with Gasteiger partial charge in [0.2, 0.25) is 0 Å². The zero-order chi connectivity index (χ0) is 22.3. The van der Waals surface area contributed by atoms with Crippen LogP contribution in [0.1, 0.15) is 120 Å². The molecule has 1 aromatic heterocycles. The van der Waals surface area contributed by atoms with E-state index >= 15 is 0 Å². The maximum absolute atomic E-state index is 12.5. The van der Waals surface area contributed by atoms with Crippen molar-refractivity contribution < 1.29 is 14.3 Å². The molecule has 0 bridgehead atoms. The topological polar surface area (TPSA) is 72.2 Å². The summed E-state index contributed by atoms with van der Waals surface area (Å²) in [7, 11) is 0. The lowest BCUT2D eigenvalue weighted by Crippen LogP contribution is -2.25. The summed E-state index contributed by atoms with van der Waals surface area (Å²) in [5, 5.41) is 9.42. The number of ether oxygens (including phenoxy) is 2. The molecule has 0 aromatic carbocycles. The van der Waals surface area contributed by atoms with E-state index in [1.807, 2.05) is 0 Å². The molecule has 0 N–H and O–H groups in total. The van der Waals surface area contributed by atoms with Gasteiger partial charge in [-0.1, -0.05) is 71.6 Å². The van der Waals surface area contributed by atoms with E-state index in [9.17, 15) is 10.1 Å². The van der Waals surface area contributed by atoms with Crippen molar-refractivity contribution in [2.24, 2.45) is 5.92 Å². The fourth-order valence-corrected chi connectivity index (χ4v) is 4.25. The summed E-state index contributed by atoms with van der Waals surface area (Å²) in [4.78, 5) is 16.7. The van der Waals surface area contributed by atoms with E-state index in [-0.39, 0.29) is 11.8 Å². The molecule has 0 atom stereocenters. The first kappa shape index (κ1) is 25.2. The highest BCUT2D eigenvalue weighted by Gasteiger charge is 2.25. The summed E-state index contributed by atoms with van der Waals surface area (Å²) in [6.07, 6.45) is 17.9. The van der Waals surface area contributed by atoms with Crippen LogP contribution >= 0.6 is 0 Å². The number of carbonyl (C=O) groups excluding carboxylic acids is 1. The van der Waals surface area contributed by atoms with E-state index in [0.29, 0.717) is 17.9 Å². The Bertz CT molecular complexity index is 690. The summed E-state index contributed by atoms with van der Waals surface area (Å²) in [5.41, 5.74) is 0.525. The minimum Gasteiger partial charge on any atom is -0.491 e. The number of hydrogen-bond donors (Lipinski definition) is 0. The molecule has 5 nitrogen and oxygen atoms in total. The number of unbranched alkanes of at least 4 members (excludes halogenated alkanes) is 7. The molecule has 0 amide bonds. The van der Waals surface area contributed by atoms with Gasteiger partial charge >= 0.3 is 5.97 Å². The van der Waals surface area contributed by atoms with Crippen LogP contribution in [-0.4, -0.2) is 23.7 Å². The van der Waals surface area contributed by atoms with Gasteiger partial charge in [0, 0.05) is 0 Å². The largest absolute Gasteiger partial charge is 0.491 e. The van der Waals surface area contributed by atoms with Crippen LogP contribution < -0.4 is 4.74 Å². The first-order chi connectivity index (χ1) is 15.2. The molecule has 1 saturated carbocycles. The van der Waals surface area contributed by atoms with E-state index < -0.39 is 5.97 Å². The fourth-order valence-electron chi connectivity index (χ4n) is 4.25. The van der Waals surface area contributed by atoms with E-state index in [2.05, 4.69) is 24.9 Å². The van der Waals surface area contributed by atoms with Crippen LogP contribution in [0.25, 0.3) is 0 Å². The van der Waals surface area contributed by atoms with Gasteiger partial charge in [-0.15, -0.1) is 0 Å². The van der Waals surface area contributed by atoms with Crippen LogP contribution in [0.2, 0.25) is 0 Å². The van der Waals surface area contributed by atoms with Gasteiger partial charge in [-0.05, 0) is 44.1 Å². The number of nitriles is 1. The van der Waals surface area contributed by atoms with Gasteiger partial charge in [0.15, 0.2) is 5.75 Å². The van der Waals surface area contributed by atoms with Crippen LogP contribution in [-0.2, 0) is 4.74 Å². The third kappa shape index (κ3) is 9.29. The van der Waals surface area contributed by atoms with Crippen molar-refractivity contribution in [2.75, 3.05) is 6.61 Å². The lowest BCUT2D eigenvalue weighted by Gasteiger charge is -2.28. The van der Waals surface area contributed by atoms with E-state index in [1.54, 1.807) is 0 Å². The number of nitrogens with zero attached hydrogens (tertiary/aromatic N) is 2. The molecule has 1 aliphatic carbocycles. The quantitative estimate of drug-likeness (QED) is 0.236. The van der Waals surface area contributed by atoms with Crippen LogP contribution in [0.4, 0.5) is 0 Å². The van der Waals surface area contributed by atoms with Gasteiger partial charge in [0.25, 0.3) is 0 Å². The van der Waals surface area contributed by atoms with Crippen molar-refractivity contribution in [2.45, 2.75) is 110 Å². The van der Waals surface area contributed by atoms with Gasteiger partial charge in [0.1, 0.15) is 17.9 Å². The molecule has 31 heavy (non-hydrogen) atoms. The minimum absolute atomic E-state index is 0.0364. The summed E-state index contributed by atoms with van der Waals surface area (Å²) < 4.78 is 11.4. The van der Waals surface area contributed by atoms with Crippen molar-refractivity contribution in [1.82, 2.24) is 4.98 Å². The van der Waals surface area contributed by atoms with Crippen LogP contribution in [0, 0.1) is 17.2 Å². The Hall–Kier alpha value is -2.09. The zero-order valence-corrected chi connectivity index (χ0v) is 19.5. The summed E-state index contributed by atoms with van der Waals surface area (Å²) in [5.74, 6) is 0.776. The van der Waals surface area contributed by atoms with Crippen molar-refractivity contribution >= 4 is 5.97 Å². The molecule has 0 saturated heterocycles. The molecule has 2 rings (SSSR count). The van der Waals surface area contributed by atoms with E-state index in [0.717, 1.165) is 44.4 Å². The van der Waals surface area contributed by atoms with E-state index in [4.69, 9.17) is 9.47 Å². The highest BCUT2D eigenvalue weighted by molar-refractivity contribution is 5.88. The predicted molar refractivity (Wildman–Crippen MR) is 123 cm³/mol. The lowest BCUT2D eigenvalue weighted by molar-refractivity contribution is 0.0154. The molecular weight excluding hydrogens is 388 g/mol. The van der Waals surface area contributed by atoms with Gasteiger partial charge < -0.3 is 9.47 Å². The average Bonchev–Trinajstić information content (AvgIpc) is 2.80. The maximum atomic E-state index is 12.5. The Morgan fingerprint density at radius 2 is 1.71 bits per heavy atom. The van der Waals surface area contributed by atoms with Crippen molar-refractivity contribution in [3.8, 4) is 11.8 Å². The predicted octanol–water partition coefficient (Wildman–Crippen LogP) is 6.99. The lowest BCUT2D eigenvalue weighted by atomic mass is 9.84. The summed E-state index contributed by atoms with van der Waals surface area (Å²) >= 11 is 0. The van der Waals surface area contributed by atoms with Gasteiger partial charge in [-0.2, -0.15) is 5.26 Å². The highest BCUT2D eigenvalue weighted by Crippen LogP contribution is 2.30. The van der Waals surface area contributed by atoms with Crippen molar-refractivity contribution in [3.63, 3.8) is 0 Å². The van der Waals surface area contributed by atoms with Gasteiger partial charge in [-0.3, -0.25) is 0 Å². The molecule has 1 fully saturated rings. The smallest absolute Gasteiger partial charge is 0.357 e. The second-order valence-corrected chi connectivity index (χ2v) is 8.84. The van der Waals surface area contributed by atoms with Crippen molar-refractivity contribution in [1.29, 1.82) is 5.26 Å². The normalized spacial score (nSPS) is 18.4. The molecule has 172 valence electrons. The van der Waals surface area contributed by atoms with Gasteiger partial charge in [-0.25, -0.2) is 9.78 Å². The summed E-state index contributed by atoms with van der Waals surface area (Å²) in [6, 6.07) is 3.60. The Morgan fingerprint density at radius 3 is 2.39 bits per heavy atom. The molecule has 0 aliphatic heterocycles. The Labute approximate surface area is 188 Å². The SMILES string of the molecule is CCCCCCCC1CCC(OC(=O)c2cc(C#N)c(OCCCCCC)cn2)CC1. The molecular formula is C26H40N2O3. The van der Waals surface area contributed by atoms with Gasteiger partial charge in [0.05, 0.1) is 18.4 Å². The van der Waals surface area contributed by atoms with Crippen molar-refractivity contribution in [3.05, 3.63) is 23.5 Å². The third-order valence-corrected chi connectivity index (χ3v) is 6.24. The Kier molecular flexibility index (Phi) is 12.0. The Morgan fingerprint density at radius 1 is 1.03 bits per heavy atom. The molecule has 5 heteroatoms. The van der Waals surface area contributed by atoms with Crippen LogP contribution in [0.3, 0.4) is 0 Å². The second kappa shape index (κ2) is 14.8. The molecule has 0 radical (unpaired) electrons. The average molecular weight is 429 g/mol. The minimum atomic E-state index is -0.436. The van der Waals surface area contributed by atoms with Crippen LogP contribution in [0.5, 0.6) is 5.75 Å². The molecule has 0 unspecified atom stereocenters. The number of aromatic nitrogens is 1. The molecule has 1 aromatic rings. The molecule has 1 aliphatic rings. The molecule has 0 spiro atoms. The monoisotopic (exact) mass is 428 g/mol. The fraction of sp³-hybridized carbons (Fsp3) is 0.731. The second-order valence-electron chi connectivity index (χ2n) is 8.84.